The summed E-state index contributed by atoms with van der Waals surface area (Å²) in [5.74, 6) is -0.0919. The van der Waals surface area contributed by atoms with Crippen LogP contribution < -0.4 is 5.32 Å². The second kappa shape index (κ2) is 6.54. The first-order chi connectivity index (χ1) is 8.70. The summed E-state index contributed by atoms with van der Waals surface area (Å²) in [5, 5.41) is 10.4. The molecule has 0 bridgehead atoms. The summed E-state index contributed by atoms with van der Waals surface area (Å²) >= 11 is 0. The lowest BCUT2D eigenvalue weighted by Gasteiger charge is -2.00. The van der Waals surface area contributed by atoms with E-state index in [4.69, 9.17) is 0 Å². The monoisotopic (exact) mass is 246 g/mol. The topological polar surface area (TPSA) is 59.8 Å². The summed E-state index contributed by atoms with van der Waals surface area (Å²) < 4.78 is 1.64. The van der Waals surface area contributed by atoms with Gasteiger partial charge in [-0.1, -0.05) is 31.2 Å². The Labute approximate surface area is 107 Å². The zero-order valence-corrected chi connectivity index (χ0v) is 11.1. The molecule has 0 aliphatic rings. The van der Waals surface area contributed by atoms with Crippen LogP contribution in [0.4, 0.5) is 0 Å². The number of aromatic nitrogens is 3. The molecule has 0 saturated carbocycles. The number of nitrogens with one attached hydrogen (secondary N) is 1. The van der Waals surface area contributed by atoms with Gasteiger partial charge in [0.1, 0.15) is 5.69 Å². The van der Waals surface area contributed by atoms with Gasteiger partial charge in [-0.2, -0.15) is 0 Å². The van der Waals surface area contributed by atoms with Crippen LogP contribution in [0.25, 0.3) is 11.3 Å². The second-order valence-corrected chi connectivity index (χ2v) is 3.43. The van der Waals surface area contributed by atoms with E-state index in [0.717, 1.165) is 11.3 Å². The zero-order valence-electron chi connectivity index (χ0n) is 11.1. The molecule has 0 atom stereocenters. The molecule has 96 valence electrons. The van der Waals surface area contributed by atoms with E-state index in [1.165, 1.54) is 0 Å². The van der Waals surface area contributed by atoms with Crippen molar-refractivity contribution in [2.75, 3.05) is 7.05 Å². The first-order valence-electron chi connectivity index (χ1n) is 5.89. The highest BCUT2D eigenvalue weighted by molar-refractivity contribution is 5.94. The molecule has 0 fully saturated rings. The molecular weight excluding hydrogens is 228 g/mol. The maximum Gasteiger partial charge on any atom is 0.251 e. The van der Waals surface area contributed by atoms with Crippen LogP contribution in [0, 0.1) is 0 Å². The number of carbonyl (C=O) groups is 1. The Hall–Kier alpha value is -2.17. The lowest BCUT2D eigenvalue weighted by molar-refractivity contribution is 0.0963. The van der Waals surface area contributed by atoms with E-state index < -0.39 is 0 Å². The van der Waals surface area contributed by atoms with Crippen molar-refractivity contribution in [3.8, 4) is 11.3 Å². The molecule has 2 rings (SSSR count). The van der Waals surface area contributed by atoms with E-state index in [0.29, 0.717) is 5.56 Å². The van der Waals surface area contributed by atoms with Gasteiger partial charge in [0.25, 0.3) is 5.91 Å². The largest absolute Gasteiger partial charge is 0.355 e. The van der Waals surface area contributed by atoms with Gasteiger partial charge in [0.15, 0.2) is 0 Å². The van der Waals surface area contributed by atoms with Crippen LogP contribution in [0.5, 0.6) is 0 Å². The lowest BCUT2D eigenvalue weighted by atomic mass is 10.1. The first kappa shape index (κ1) is 13.9. The highest BCUT2D eigenvalue weighted by Gasteiger charge is 2.05. The fourth-order valence-electron chi connectivity index (χ4n) is 1.42. The fraction of sp³-hybridized carbons (Fsp3) is 0.308. The van der Waals surface area contributed by atoms with Gasteiger partial charge in [0.2, 0.25) is 0 Å². The van der Waals surface area contributed by atoms with E-state index in [1.54, 1.807) is 23.9 Å². The number of amides is 1. The zero-order chi connectivity index (χ0) is 13.5. The lowest BCUT2D eigenvalue weighted by Crippen LogP contribution is -2.17. The molecule has 0 aliphatic carbocycles. The van der Waals surface area contributed by atoms with Crippen molar-refractivity contribution in [3.05, 3.63) is 36.0 Å². The molecule has 5 heteroatoms. The van der Waals surface area contributed by atoms with Gasteiger partial charge in [-0.25, -0.2) is 0 Å². The molecule has 0 saturated heterocycles. The minimum atomic E-state index is -0.0919. The van der Waals surface area contributed by atoms with Crippen LogP contribution in [0.2, 0.25) is 0 Å². The maximum absolute atomic E-state index is 11.3. The first-order valence-corrected chi connectivity index (χ1v) is 5.89. The second-order valence-electron chi connectivity index (χ2n) is 3.43. The summed E-state index contributed by atoms with van der Waals surface area (Å²) in [6, 6.07) is 7.24. The van der Waals surface area contributed by atoms with Gasteiger partial charge in [0.05, 0.1) is 6.20 Å². The minimum absolute atomic E-state index is 0.0919. The summed E-state index contributed by atoms with van der Waals surface area (Å²) in [7, 11) is 3.42. The molecule has 0 spiro atoms. The van der Waals surface area contributed by atoms with Gasteiger partial charge < -0.3 is 5.32 Å². The smallest absolute Gasteiger partial charge is 0.251 e. The van der Waals surface area contributed by atoms with Crippen molar-refractivity contribution in [1.82, 2.24) is 20.3 Å². The Kier molecular flexibility index (Phi) is 5.05. The Morgan fingerprint density at radius 1 is 1.22 bits per heavy atom. The number of rotatable bonds is 2. The molecule has 0 radical (unpaired) electrons. The van der Waals surface area contributed by atoms with Gasteiger partial charge in [-0.3, -0.25) is 9.48 Å². The number of carbonyl (C=O) groups excluding carboxylic acids is 1. The number of hydrogen-bond acceptors (Lipinski definition) is 3. The van der Waals surface area contributed by atoms with E-state index in [2.05, 4.69) is 15.6 Å². The average Bonchev–Trinajstić information content (AvgIpc) is 2.87. The number of hydrogen-bond donors (Lipinski definition) is 1. The van der Waals surface area contributed by atoms with Crippen molar-refractivity contribution >= 4 is 5.91 Å². The summed E-state index contributed by atoms with van der Waals surface area (Å²) in [6.07, 6.45) is 1.83. The summed E-state index contributed by atoms with van der Waals surface area (Å²) in [4.78, 5) is 11.3. The molecule has 18 heavy (non-hydrogen) atoms. The van der Waals surface area contributed by atoms with Gasteiger partial charge in [-0.15, -0.1) is 5.10 Å². The van der Waals surface area contributed by atoms with E-state index >= 15 is 0 Å². The van der Waals surface area contributed by atoms with Crippen LogP contribution in [0.3, 0.4) is 0 Å². The third-order valence-electron chi connectivity index (χ3n) is 2.27. The number of aryl methyl sites for hydroxylation is 1. The maximum atomic E-state index is 11.3. The highest BCUT2D eigenvalue weighted by atomic mass is 16.1. The quantitative estimate of drug-likeness (QED) is 0.880. The van der Waals surface area contributed by atoms with E-state index in [9.17, 15) is 4.79 Å². The predicted molar refractivity (Wildman–Crippen MR) is 71.2 cm³/mol. The SMILES string of the molecule is CC.CNC(=O)c1ccc(-c2cn(C)nn2)cc1. The third-order valence-corrected chi connectivity index (χ3v) is 2.27. The molecule has 1 N–H and O–H groups in total. The molecular formula is C13H18N4O. The molecule has 2 aromatic rings. The fourth-order valence-corrected chi connectivity index (χ4v) is 1.42. The van der Waals surface area contributed by atoms with Crippen LogP contribution >= 0.6 is 0 Å². The summed E-state index contributed by atoms with van der Waals surface area (Å²) in [5.41, 5.74) is 2.38. The molecule has 5 nitrogen and oxygen atoms in total. The highest BCUT2D eigenvalue weighted by Crippen LogP contribution is 2.16. The predicted octanol–water partition coefficient (Wildman–Crippen LogP) is 1.87. The Morgan fingerprint density at radius 2 is 1.83 bits per heavy atom. The molecule has 0 aliphatic heterocycles. The minimum Gasteiger partial charge on any atom is -0.355 e. The Bertz CT molecular complexity index is 502. The van der Waals surface area contributed by atoms with Crippen LogP contribution in [0.1, 0.15) is 24.2 Å². The van der Waals surface area contributed by atoms with E-state index in [1.807, 2.05) is 39.2 Å². The normalized spacial score (nSPS) is 9.33. The van der Waals surface area contributed by atoms with Crippen LogP contribution in [-0.4, -0.2) is 27.9 Å². The molecule has 1 aromatic heterocycles. The van der Waals surface area contributed by atoms with Crippen molar-refractivity contribution < 1.29 is 4.79 Å². The third kappa shape index (κ3) is 3.16. The molecule has 1 aromatic carbocycles. The Morgan fingerprint density at radius 3 is 2.28 bits per heavy atom. The van der Waals surface area contributed by atoms with Gasteiger partial charge >= 0.3 is 0 Å². The van der Waals surface area contributed by atoms with Gasteiger partial charge in [-0.05, 0) is 12.1 Å². The number of nitrogens with zero attached hydrogens (tertiary/aromatic N) is 3. The molecule has 0 unspecified atom stereocenters. The average molecular weight is 246 g/mol. The summed E-state index contributed by atoms with van der Waals surface area (Å²) in [6.45, 7) is 4.00. The number of benzene rings is 1. The van der Waals surface area contributed by atoms with Crippen LogP contribution in [-0.2, 0) is 7.05 Å². The molecule has 1 heterocycles. The van der Waals surface area contributed by atoms with Crippen molar-refractivity contribution in [2.45, 2.75) is 13.8 Å². The van der Waals surface area contributed by atoms with Gasteiger partial charge in [0, 0.05) is 25.2 Å². The standard InChI is InChI=1S/C11H12N4O.C2H6/c1-12-11(16)9-5-3-8(4-6-9)10-7-15(2)14-13-10;1-2/h3-7H,1-2H3,(H,12,16);1-2H3. The van der Waals surface area contributed by atoms with Crippen molar-refractivity contribution in [2.24, 2.45) is 7.05 Å². The van der Waals surface area contributed by atoms with Crippen molar-refractivity contribution in [1.29, 1.82) is 0 Å². The molecule has 1 amide bonds. The van der Waals surface area contributed by atoms with Crippen molar-refractivity contribution in [3.63, 3.8) is 0 Å². The Balaban J connectivity index is 0.000000771. The van der Waals surface area contributed by atoms with Crippen LogP contribution in [0.15, 0.2) is 30.5 Å². The van der Waals surface area contributed by atoms with E-state index in [-0.39, 0.29) is 5.91 Å².